The molecule has 0 saturated carbocycles. The number of hydrogen-bond acceptors (Lipinski definition) is 3. The summed E-state index contributed by atoms with van der Waals surface area (Å²) in [4.78, 5) is 35.8. The Balaban J connectivity index is 1.70. The SMILES string of the molecule is O=CCCCCCCCCN1C(=O)c2ccccc2C1=O. The third-order valence-corrected chi connectivity index (χ3v) is 3.83. The first-order chi connectivity index (χ1) is 10.3. The number of benzene rings is 1. The average molecular weight is 287 g/mol. The average Bonchev–Trinajstić information content (AvgIpc) is 2.75. The van der Waals surface area contributed by atoms with E-state index in [1.54, 1.807) is 24.3 Å². The number of amides is 2. The van der Waals surface area contributed by atoms with Crippen LogP contribution in [0.25, 0.3) is 0 Å². The summed E-state index contributed by atoms with van der Waals surface area (Å²) in [6.07, 6.45) is 7.69. The van der Waals surface area contributed by atoms with E-state index in [9.17, 15) is 14.4 Å². The van der Waals surface area contributed by atoms with E-state index in [1.807, 2.05) is 0 Å². The molecule has 0 bridgehead atoms. The highest BCUT2D eigenvalue weighted by molar-refractivity contribution is 6.21. The van der Waals surface area contributed by atoms with Crippen LogP contribution < -0.4 is 0 Å². The number of nitrogens with zero attached hydrogens (tertiary/aromatic N) is 1. The molecule has 4 heteroatoms. The number of carbonyl (C=O) groups excluding carboxylic acids is 3. The number of aldehydes is 1. The first-order valence-electron chi connectivity index (χ1n) is 7.64. The zero-order chi connectivity index (χ0) is 15.1. The van der Waals surface area contributed by atoms with Crippen molar-refractivity contribution in [1.82, 2.24) is 4.90 Å². The van der Waals surface area contributed by atoms with Gasteiger partial charge in [0.2, 0.25) is 0 Å². The summed E-state index contributed by atoms with van der Waals surface area (Å²) in [5.41, 5.74) is 1.05. The Hall–Kier alpha value is -1.97. The Labute approximate surface area is 125 Å². The van der Waals surface area contributed by atoms with Crippen molar-refractivity contribution in [2.75, 3.05) is 6.54 Å². The summed E-state index contributed by atoms with van der Waals surface area (Å²) >= 11 is 0. The molecule has 1 aromatic carbocycles. The number of hydrogen-bond donors (Lipinski definition) is 0. The van der Waals surface area contributed by atoms with Gasteiger partial charge >= 0.3 is 0 Å². The van der Waals surface area contributed by atoms with Gasteiger partial charge in [0.15, 0.2) is 0 Å². The molecular formula is C17H21NO3. The van der Waals surface area contributed by atoms with Crippen LogP contribution in [0.3, 0.4) is 0 Å². The lowest BCUT2D eigenvalue weighted by molar-refractivity contribution is -0.107. The van der Waals surface area contributed by atoms with Crippen LogP contribution >= 0.6 is 0 Å². The second kappa shape index (κ2) is 7.72. The van der Waals surface area contributed by atoms with Gasteiger partial charge in [-0.1, -0.05) is 37.8 Å². The molecule has 2 amide bonds. The van der Waals surface area contributed by atoms with Crippen molar-refractivity contribution in [3.63, 3.8) is 0 Å². The maximum Gasteiger partial charge on any atom is 0.261 e. The minimum Gasteiger partial charge on any atom is -0.303 e. The molecule has 4 nitrogen and oxygen atoms in total. The van der Waals surface area contributed by atoms with E-state index in [0.29, 0.717) is 24.1 Å². The number of rotatable bonds is 9. The molecule has 2 rings (SSSR count). The fourth-order valence-corrected chi connectivity index (χ4v) is 2.65. The first kappa shape index (κ1) is 15.4. The molecule has 1 aromatic rings. The molecule has 0 aliphatic carbocycles. The van der Waals surface area contributed by atoms with Gasteiger partial charge in [0, 0.05) is 13.0 Å². The van der Waals surface area contributed by atoms with E-state index >= 15 is 0 Å². The van der Waals surface area contributed by atoms with Gasteiger partial charge in [-0.2, -0.15) is 0 Å². The molecule has 0 spiro atoms. The zero-order valence-corrected chi connectivity index (χ0v) is 12.2. The summed E-state index contributed by atoms with van der Waals surface area (Å²) in [6, 6.07) is 6.99. The predicted molar refractivity (Wildman–Crippen MR) is 80.2 cm³/mol. The van der Waals surface area contributed by atoms with Crippen LogP contribution in [-0.2, 0) is 4.79 Å². The van der Waals surface area contributed by atoms with Gasteiger partial charge < -0.3 is 4.79 Å². The molecule has 1 heterocycles. The molecule has 21 heavy (non-hydrogen) atoms. The number of imide groups is 1. The second-order valence-corrected chi connectivity index (χ2v) is 5.38. The quantitative estimate of drug-likeness (QED) is 0.398. The van der Waals surface area contributed by atoms with Gasteiger partial charge in [0.05, 0.1) is 11.1 Å². The van der Waals surface area contributed by atoms with E-state index in [0.717, 1.165) is 44.8 Å². The summed E-state index contributed by atoms with van der Waals surface area (Å²) < 4.78 is 0. The third-order valence-electron chi connectivity index (χ3n) is 3.83. The zero-order valence-electron chi connectivity index (χ0n) is 12.2. The van der Waals surface area contributed by atoms with Gasteiger partial charge in [0.1, 0.15) is 6.29 Å². The molecule has 0 radical (unpaired) electrons. The smallest absolute Gasteiger partial charge is 0.261 e. The largest absolute Gasteiger partial charge is 0.303 e. The van der Waals surface area contributed by atoms with Crippen molar-refractivity contribution >= 4 is 18.1 Å². The highest BCUT2D eigenvalue weighted by atomic mass is 16.2. The molecule has 0 aromatic heterocycles. The van der Waals surface area contributed by atoms with Gasteiger partial charge in [-0.05, 0) is 25.0 Å². The Morgan fingerprint density at radius 2 is 1.33 bits per heavy atom. The second-order valence-electron chi connectivity index (χ2n) is 5.38. The lowest BCUT2D eigenvalue weighted by atomic mass is 10.1. The minimum atomic E-state index is -0.165. The van der Waals surface area contributed by atoms with Crippen molar-refractivity contribution in [1.29, 1.82) is 0 Å². The molecule has 1 aliphatic heterocycles. The van der Waals surface area contributed by atoms with Gasteiger partial charge in [-0.25, -0.2) is 0 Å². The molecule has 0 fully saturated rings. The molecule has 0 atom stereocenters. The Kier molecular flexibility index (Phi) is 5.67. The number of carbonyl (C=O) groups is 3. The summed E-state index contributed by atoms with van der Waals surface area (Å²) in [6.45, 7) is 0.501. The molecule has 0 saturated heterocycles. The normalized spacial score (nSPS) is 13.6. The maximum absolute atomic E-state index is 12.1. The number of unbranched alkanes of at least 4 members (excludes halogenated alkanes) is 6. The highest BCUT2D eigenvalue weighted by Crippen LogP contribution is 2.22. The fourth-order valence-electron chi connectivity index (χ4n) is 2.65. The van der Waals surface area contributed by atoms with Crippen LogP contribution in [0.5, 0.6) is 0 Å². The third kappa shape index (κ3) is 3.78. The van der Waals surface area contributed by atoms with Gasteiger partial charge in [0.25, 0.3) is 11.8 Å². The predicted octanol–water partition coefficient (Wildman–Crippen LogP) is 3.21. The van der Waals surface area contributed by atoms with Crippen LogP contribution in [0.15, 0.2) is 24.3 Å². The van der Waals surface area contributed by atoms with Crippen LogP contribution in [0.2, 0.25) is 0 Å². The Morgan fingerprint density at radius 1 is 0.810 bits per heavy atom. The molecular weight excluding hydrogens is 266 g/mol. The van der Waals surface area contributed by atoms with Crippen LogP contribution in [-0.4, -0.2) is 29.5 Å². The maximum atomic E-state index is 12.1. The first-order valence-corrected chi connectivity index (χ1v) is 7.64. The Morgan fingerprint density at radius 3 is 1.90 bits per heavy atom. The van der Waals surface area contributed by atoms with Crippen LogP contribution in [0, 0.1) is 0 Å². The van der Waals surface area contributed by atoms with E-state index in [-0.39, 0.29) is 11.8 Å². The van der Waals surface area contributed by atoms with Crippen molar-refractivity contribution in [3.8, 4) is 0 Å². The van der Waals surface area contributed by atoms with Crippen LogP contribution in [0.4, 0.5) is 0 Å². The topological polar surface area (TPSA) is 54.5 Å². The Bertz CT molecular complexity index is 490. The molecule has 0 N–H and O–H groups in total. The highest BCUT2D eigenvalue weighted by Gasteiger charge is 2.34. The van der Waals surface area contributed by atoms with Crippen molar-refractivity contribution in [2.45, 2.75) is 44.9 Å². The molecule has 0 unspecified atom stereocenters. The van der Waals surface area contributed by atoms with Crippen LogP contribution in [0.1, 0.15) is 65.7 Å². The van der Waals surface area contributed by atoms with Crippen molar-refractivity contribution < 1.29 is 14.4 Å². The molecule has 112 valence electrons. The molecule has 1 aliphatic rings. The number of fused-ring (bicyclic) bond motifs is 1. The summed E-state index contributed by atoms with van der Waals surface area (Å²) in [5, 5.41) is 0. The van der Waals surface area contributed by atoms with Crippen molar-refractivity contribution in [3.05, 3.63) is 35.4 Å². The van der Waals surface area contributed by atoms with E-state index in [1.165, 1.54) is 4.90 Å². The van der Waals surface area contributed by atoms with E-state index < -0.39 is 0 Å². The summed E-state index contributed by atoms with van der Waals surface area (Å²) in [7, 11) is 0. The summed E-state index contributed by atoms with van der Waals surface area (Å²) in [5.74, 6) is -0.330. The fraction of sp³-hybridized carbons (Fsp3) is 0.471. The van der Waals surface area contributed by atoms with Gasteiger partial charge in [-0.15, -0.1) is 0 Å². The lowest BCUT2D eigenvalue weighted by Crippen LogP contribution is -2.30. The van der Waals surface area contributed by atoms with Crippen molar-refractivity contribution in [2.24, 2.45) is 0 Å². The van der Waals surface area contributed by atoms with E-state index in [2.05, 4.69) is 0 Å². The van der Waals surface area contributed by atoms with Gasteiger partial charge in [-0.3, -0.25) is 14.5 Å². The minimum absolute atomic E-state index is 0.165. The monoisotopic (exact) mass is 287 g/mol. The van der Waals surface area contributed by atoms with E-state index in [4.69, 9.17) is 0 Å². The lowest BCUT2D eigenvalue weighted by Gasteiger charge is -2.13. The standard InChI is InChI=1S/C17H21NO3/c19-13-9-5-3-1-2-4-8-12-18-16(20)14-10-6-7-11-15(14)17(18)21/h6-7,10-11,13H,1-5,8-9,12H2.